The number of nitrogens with zero attached hydrogens (tertiary/aromatic N) is 2. The van der Waals surface area contributed by atoms with Crippen LogP contribution in [0.4, 0.5) is 0 Å². The molecule has 76 valence electrons. The molecule has 0 amide bonds. The Labute approximate surface area is 77.3 Å². The maximum absolute atomic E-state index is 9.90. The number of nitrogens with two attached hydrogens (primary N) is 2. The molecule has 0 fully saturated rings. The maximum Gasteiger partial charge on any atom is 0.280 e. The Balaban J connectivity index is 0. The second-order valence-corrected chi connectivity index (χ2v) is 1.36. The quantitative estimate of drug-likeness (QED) is 0.629. The van der Waals surface area contributed by atoms with Crippen LogP contribution in [0, 0.1) is 0 Å². The maximum atomic E-state index is 9.90. The summed E-state index contributed by atoms with van der Waals surface area (Å²) in [4.78, 5) is 9.90. The zero-order valence-electron chi connectivity index (χ0n) is 8.15. The van der Waals surface area contributed by atoms with Gasteiger partial charge in [-0.3, -0.25) is 4.79 Å². The van der Waals surface area contributed by atoms with E-state index in [1.165, 1.54) is 7.05 Å². The molecule has 6 nitrogen and oxygen atoms in total. The molecule has 0 saturated carbocycles. The second-order valence-electron chi connectivity index (χ2n) is 1.36. The first-order valence-electron chi connectivity index (χ1n) is 3.92. The van der Waals surface area contributed by atoms with E-state index in [1.54, 1.807) is 0 Å². The summed E-state index contributed by atoms with van der Waals surface area (Å²) in [5.74, 6) is 0.243. The van der Waals surface area contributed by atoms with Crippen LogP contribution in [0.1, 0.15) is 30.4 Å². The summed E-state index contributed by atoms with van der Waals surface area (Å²) < 4.78 is 4.67. The summed E-state index contributed by atoms with van der Waals surface area (Å²) >= 11 is 0. The van der Waals surface area contributed by atoms with Crippen LogP contribution in [0.2, 0.25) is 0 Å². The minimum atomic E-state index is -0.0320. The fourth-order valence-electron chi connectivity index (χ4n) is 0.397. The summed E-state index contributed by atoms with van der Waals surface area (Å²) in [6.07, 6.45) is 0.478. The molecule has 0 radical (unpaired) electrons. The molecule has 0 spiro atoms. The summed E-state index contributed by atoms with van der Waals surface area (Å²) in [5, 5.41) is 6.77. The van der Waals surface area contributed by atoms with Gasteiger partial charge in [-0.1, -0.05) is 13.8 Å². The summed E-state index contributed by atoms with van der Waals surface area (Å²) in [6, 6.07) is 0. The van der Waals surface area contributed by atoms with Gasteiger partial charge in [0.2, 0.25) is 12.2 Å². The highest BCUT2D eigenvalue weighted by molar-refractivity contribution is 5.66. The smallest absolute Gasteiger partial charge is 0.280 e. The third-order valence-electron chi connectivity index (χ3n) is 0.758. The average Bonchev–Trinajstić information content (AvgIpc) is 2.71. The lowest BCUT2D eigenvalue weighted by Crippen LogP contribution is -1.95. The lowest BCUT2D eigenvalue weighted by molar-refractivity contribution is 0.109. The van der Waals surface area contributed by atoms with E-state index in [9.17, 15) is 4.79 Å². The molecule has 0 atom stereocenters. The normalized spacial score (nSPS) is 7.46. The Morgan fingerprint density at radius 3 is 2.15 bits per heavy atom. The fraction of sp³-hybridized carbons (Fsp3) is 0.571. The van der Waals surface area contributed by atoms with Gasteiger partial charge < -0.3 is 15.9 Å². The first kappa shape index (κ1) is 14.3. The van der Waals surface area contributed by atoms with Crippen molar-refractivity contribution in [2.24, 2.45) is 11.5 Å². The monoisotopic (exact) mass is 188 g/mol. The summed E-state index contributed by atoms with van der Waals surface area (Å²) in [7, 11) is 1.50. The van der Waals surface area contributed by atoms with Crippen molar-refractivity contribution in [3.8, 4) is 0 Å². The summed E-state index contributed by atoms with van der Waals surface area (Å²) in [5.41, 5.74) is 9.61. The van der Waals surface area contributed by atoms with Crippen LogP contribution >= 0.6 is 0 Å². The lowest BCUT2D eigenvalue weighted by atomic mass is 10.7. The third kappa shape index (κ3) is 5.94. The van der Waals surface area contributed by atoms with Gasteiger partial charge in [0.15, 0.2) is 0 Å². The Kier molecular flexibility index (Phi) is 11.8. The fourth-order valence-corrected chi connectivity index (χ4v) is 0.397. The molecular formula is C7H16N4O2. The highest BCUT2D eigenvalue weighted by atomic mass is 16.4. The predicted molar refractivity (Wildman–Crippen MR) is 49.0 cm³/mol. The van der Waals surface area contributed by atoms with Gasteiger partial charge in [-0.25, -0.2) is 0 Å². The zero-order valence-corrected chi connectivity index (χ0v) is 8.15. The first-order valence-corrected chi connectivity index (χ1v) is 3.92. The Hall–Kier alpha value is -1.27. The van der Waals surface area contributed by atoms with E-state index in [-0.39, 0.29) is 18.3 Å². The van der Waals surface area contributed by atoms with Gasteiger partial charge in [0, 0.05) is 0 Å². The van der Waals surface area contributed by atoms with E-state index >= 15 is 0 Å². The van der Waals surface area contributed by atoms with Crippen LogP contribution in [-0.4, -0.2) is 23.5 Å². The molecule has 0 aromatic carbocycles. The number of carbonyl (C=O) groups excluding carboxylic acids is 1. The van der Waals surface area contributed by atoms with Crippen molar-refractivity contribution in [2.75, 3.05) is 7.05 Å². The first-order chi connectivity index (χ1) is 6.36. The van der Waals surface area contributed by atoms with Crippen molar-refractivity contribution < 1.29 is 9.21 Å². The molecule has 0 saturated heterocycles. The van der Waals surface area contributed by atoms with Gasteiger partial charge in [-0.2, -0.15) is 0 Å². The Bertz CT molecular complexity index is 212. The molecule has 0 unspecified atom stereocenters. The van der Waals surface area contributed by atoms with Crippen LogP contribution in [-0.2, 0) is 6.54 Å². The number of aromatic nitrogens is 2. The van der Waals surface area contributed by atoms with Crippen LogP contribution < -0.4 is 11.5 Å². The van der Waals surface area contributed by atoms with Gasteiger partial charge >= 0.3 is 0 Å². The van der Waals surface area contributed by atoms with E-state index in [0.717, 1.165) is 0 Å². The topological polar surface area (TPSA) is 108 Å². The minimum absolute atomic E-state index is 0.0320. The molecule has 0 aliphatic heterocycles. The molecule has 1 aromatic heterocycles. The van der Waals surface area contributed by atoms with Crippen molar-refractivity contribution in [3.05, 3.63) is 11.8 Å². The van der Waals surface area contributed by atoms with Crippen LogP contribution in [0.15, 0.2) is 4.42 Å². The molecule has 1 aromatic rings. The van der Waals surface area contributed by atoms with Crippen molar-refractivity contribution in [1.29, 1.82) is 0 Å². The zero-order chi connectivity index (χ0) is 10.7. The van der Waals surface area contributed by atoms with Crippen molar-refractivity contribution in [3.63, 3.8) is 0 Å². The number of rotatable bonds is 2. The Morgan fingerprint density at radius 1 is 1.38 bits per heavy atom. The van der Waals surface area contributed by atoms with Gasteiger partial charge in [0.1, 0.15) is 0 Å². The standard InChI is InChI=1S/C4H5N3O2.C2H6.CH5N/c5-1-3-6-7-4(2-8)9-3;2*1-2/h2H,1,5H2;1-2H3;2H2,1H3. The number of hydrogen-bond donors (Lipinski definition) is 2. The van der Waals surface area contributed by atoms with Crippen molar-refractivity contribution in [1.82, 2.24) is 10.2 Å². The molecule has 1 heterocycles. The highest BCUT2D eigenvalue weighted by Crippen LogP contribution is 1.93. The van der Waals surface area contributed by atoms with Crippen LogP contribution in [0.3, 0.4) is 0 Å². The molecular weight excluding hydrogens is 172 g/mol. The van der Waals surface area contributed by atoms with Gasteiger partial charge in [0.25, 0.3) is 5.89 Å². The molecule has 4 N–H and O–H groups in total. The third-order valence-corrected chi connectivity index (χ3v) is 0.758. The number of hydrogen-bond acceptors (Lipinski definition) is 6. The largest absolute Gasteiger partial charge is 0.417 e. The van der Waals surface area contributed by atoms with Gasteiger partial charge in [-0.15, -0.1) is 10.2 Å². The van der Waals surface area contributed by atoms with E-state index in [4.69, 9.17) is 5.73 Å². The molecule has 0 aliphatic carbocycles. The van der Waals surface area contributed by atoms with Crippen LogP contribution in [0.5, 0.6) is 0 Å². The minimum Gasteiger partial charge on any atom is -0.417 e. The molecule has 13 heavy (non-hydrogen) atoms. The summed E-state index contributed by atoms with van der Waals surface area (Å²) in [6.45, 7) is 4.17. The van der Waals surface area contributed by atoms with E-state index < -0.39 is 0 Å². The molecule has 0 bridgehead atoms. The average molecular weight is 188 g/mol. The van der Waals surface area contributed by atoms with Gasteiger partial charge in [0.05, 0.1) is 6.54 Å². The predicted octanol–water partition coefficient (Wildman–Crippen LogP) is -0.0581. The molecule has 6 heteroatoms. The second kappa shape index (κ2) is 10.7. The van der Waals surface area contributed by atoms with E-state index in [0.29, 0.717) is 6.29 Å². The highest BCUT2D eigenvalue weighted by Gasteiger charge is 1.99. The van der Waals surface area contributed by atoms with Crippen molar-refractivity contribution in [2.45, 2.75) is 20.4 Å². The van der Waals surface area contributed by atoms with E-state index in [2.05, 4.69) is 20.3 Å². The molecule has 1 rings (SSSR count). The number of aldehydes is 1. The van der Waals surface area contributed by atoms with Gasteiger partial charge in [-0.05, 0) is 7.05 Å². The van der Waals surface area contributed by atoms with Crippen LogP contribution in [0.25, 0.3) is 0 Å². The SMILES string of the molecule is CC.CN.NCc1nnc(C=O)o1. The number of carbonyl (C=O) groups is 1. The Morgan fingerprint density at radius 2 is 1.92 bits per heavy atom. The van der Waals surface area contributed by atoms with Crippen molar-refractivity contribution >= 4 is 6.29 Å². The van der Waals surface area contributed by atoms with E-state index in [1.807, 2.05) is 13.8 Å². The molecule has 0 aliphatic rings. The lowest BCUT2D eigenvalue weighted by Gasteiger charge is -1.77.